The number of carboxylic acids is 1. The fourth-order valence-corrected chi connectivity index (χ4v) is 2.50. The Bertz CT molecular complexity index is 982. The number of rotatable bonds is 5. The van der Waals surface area contributed by atoms with Crippen molar-refractivity contribution in [2.45, 2.75) is 0 Å². The molecule has 0 bridgehead atoms. The van der Waals surface area contributed by atoms with E-state index in [9.17, 15) is 4.79 Å². The summed E-state index contributed by atoms with van der Waals surface area (Å²) in [5, 5.41) is 16.9. The summed E-state index contributed by atoms with van der Waals surface area (Å²) in [5.74, 6) is 0.160. The van der Waals surface area contributed by atoms with E-state index in [4.69, 9.17) is 33.3 Å². The molecule has 3 N–H and O–H groups in total. The molecule has 0 saturated carbocycles. The van der Waals surface area contributed by atoms with Gasteiger partial charge in [-0.25, -0.2) is 4.79 Å². The van der Waals surface area contributed by atoms with E-state index >= 15 is 0 Å². The van der Waals surface area contributed by atoms with Gasteiger partial charge < -0.3 is 14.8 Å². The van der Waals surface area contributed by atoms with Gasteiger partial charge in [0.05, 0.1) is 11.8 Å². The topological polar surface area (TPSA) is 86.9 Å². The molecule has 27 heavy (non-hydrogen) atoms. The average Bonchev–Trinajstić information content (AvgIpc) is 3.12. The van der Waals surface area contributed by atoms with E-state index in [0.29, 0.717) is 21.7 Å². The maximum absolute atomic E-state index is 10.9. The summed E-state index contributed by atoms with van der Waals surface area (Å²) >= 11 is 11.0. The number of carboxylic acid groups (broad SMARTS) is 1. The lowest BCUT2D eigenvalue weighted by atomic mass is 10.1. The minimum absolute atomic E-state index is 0.220. The van der Waals surface area contributed by atoms with Crippen LogP contribution in [0.15, 0.2) is 70.2 Å². The summed E-state index contributed by atoms with van der Waals surface area (Å²) in [7, 11) is 0. The number of halogens is 1. The number of hydrogen-bond acceptors (Lipinski definition) is 4. The zero-order valence-electron chi connectivity index (χ0n) is 13.8. The quantitative estimate of drug-likeness (QED) is 0.329. The summed E-state index contributed by atoms with van der Waals surface area (Å²) < 4.78 is 5.67. The average molecular weight is 400 g/mol. The molecule has 0 aliphatic carbocycles. The van der Waals surface area contributed by atoms with E-state index in [-0.39, 0.29) is 5.56 Å². The molecule has 0 aliphatic rings. The van der Waals surface area contributed by atoms with Gasteiger partial charge in [0.25, 0.3) is 0 Å². The van der Waals surface area contributed by atoms with Crippen molar-refractivity contribution in [3.63, 3.8) is 0 Å². The highest BCUT2D eigenvalue weighted by Crippen LogP contribution is 2.22. The van der Waals surface area contributed by atoms with Crippen LogP contribution < -0.4 is 10.7 Å². The maximum atomic E-state index is 10.9. The third-order valence-corrected chi connectivity index (χ3v) is 3.95. The van der Waals surface area contributed by atoms with Gasteiger partial charge in [0.1, 0.15) is 11.5 Å². The van der Waals surface area contributed by atoms with Gasteiger partial charge in [-0.2, -0.15) is 5.10 Å². The molecule has 0 radical (unpaired) electrons. The Morgan fingerprint density at radius 1 is 1.07 bits per heavy atom. The van der Waals surface area contributed by atoms with Crippen LogP contribution in [0.2, 0.25) is 5.02 Å². The third kappa shape index (κ3) is 5.16. The van der Waals surface area contributed by atoms with Crippen LogP contribution in [0.4, 0.5) is 5.69 Å². The van der Waals surface area contributed by atoms with E-state index in [1.54, 1.807) is 48.5 Å². The van der Waals surface area contributed by atoms with Crippen molar-refractivity contribution < 1.29 is 14.3 Å². The first-order valence-corrected chi connectivity index (χ1v) is 8.59. The molecule has 1 aromatic heterocycles. The number of carbonyl (C=O) groups is 1. The maximum Gasteiger partial charge on any atom is 0.335 e. The Morgan fingerprint density at radius 3 is 2.44 bits per heavy atom. The van der Waals surface area contributed by atoms with Crippen molar-refractivity contribution in [1.29, 1.82) is 0 Å². The Balaban J connectivity index is 1.57. The number of nitrogens with one attached hydrogen (secondary N) is 2. The van der Waals surface area contributed by atoms with Gasteiger partial charge >= 0.3 is 5.97 Å². The van der Waals surface area contributed by atoms with Crippen LogP contribution in [-0.2, 0) is 0 Å². The second kappa shape index (κ2) is 8.48. The standard InChI is InChI=1S/C19H14ClN3O3S/c20-14-5-7-15(8-6-14)22-19(27)23-21-11-16-9-10-17(26-16)12-1-3-13(4-2-12)18(24)25/h1-11H,(H,24,25)(H2,22,23,27)/b21-11+. The van der Waals surface area contributed by atoms with Crippen LogP contribution in [-0.4, -0.2) is 22.4 Å². The first-order valence-electron chi connectivity index (χ1n) is 7.80. The molecule has 0 unspecified atom stereocenters. The molecule has 0 aliphatic heterocycles. The van der Waals surface area contributed by atoms with Gasteiger partial charge in [-0.15, -0.1) is 0 Å². The van der Waals surface area contributed by atoms with E-state index in [2.05, 4.69) is 15.8 Å². The molecular formula is C19H14ClN3O3S. The molecule has 3 rings (SSSR count). The molecule has 3 aromatic rings. The lowest BCUT2D eigenvalue weighted by Crippen LogP contribution is -2.23. The second-order valence-electron chi connectivity index (χ2n) is 5.42. The third-order valence-electron chi connectivity index (χ3n) is 3.50. The van der Waals surface area contributed by atoms with Crippen LogP contribution in [0.3, 0.4) is 0 Å². The molecule has 136 valence electrons. The molecular weight excluding hydrogens is 386 g/mol. The van der Waals surface area contributed by atoms with E-state index in [1.165, 1.54) is 18.3 Å². The van der Waals surface area contributed by atoms with E-state index in [1.807, 2.05) is 0 Å². The summed E-state index contributed by atoms with van der Waals surface area (Å²) in [6, 6.07) is 17.1. The molecule has 0 atom stereocenters. The molecule has 0 spiro atoms. The number of thiocarbonyl (C=S) groups is 1. The summed E-state index contributed by atoms with van der Waals surface area (Å²) in [5.41, 5.74) is 4.48. The molecule has 0 fully saturated rings. The van der Waals surface area contributed by atoms with Crippen molar-refractivity contribution in [2.24, 2.45) is 5.10 Å². The summed E-state index contributed by atoms with van der Waals surface area (Å²) in [4.78, 5) is 10.9. The number of furan rings is 1. The Kier molecular flexibility index (Phi) is 5.85. The zero-order chi connectivity index (χ0) is 19.2. The second-order valence-corrected chi connectivity index (χ2v) is 6.26. The summed E-state index contributed by atoms with van der Waals surface area (Å²) in [6.07, 6.45) is 1.49. The van der Waals surface area contributed by atoms with Gasteiger partial charge in [-0.1, -0.05) is 23.7 Å². The minimum atomic E-state index is -0.969. The predicted octanol–water partition coefficient (Wildman–Crippen LogP) is 4.62. The SMILES string of the molecule is O=C(O)c1ccc(-c2ccc(/C=N/NC(=S)Nc3ccc(Cl)cc3)o2)cc1. The van der Waals surface area contributed by atoms with Crippen molar-refractivity contribution >= 4 is 46.8 Å². The molecule has 2 aromatic carbocycles. The van der Waals surface area contributed by atoms with Crippen LogP contribution in [0.5, 0.6) is 0 Å². The fourth-order valence-electron chi connectivity index (χ4n) is 2.20. The van der Waals surface area contributed by atoms with E-state index in [0.717, 1.165) is 11.3 Å². The van der Waals surface area contributed by atoms with Gasteiger partial charge in [-0.05, 0) is 60.7 Å². The first kappa shape index (κ1) is 18.6. The summed E-state index contributed by atoms with van der Waals surface area (Å²) in [6.45, 7) is 0. The lowest BCUT2D eigenvalue weighted by molar-refractivity contribution is 0.0697. The molecule has 0 saturated heterocycles. The Morgan fingerprint density at radius 2 is 1.78 bits per heavy atom. The van der Waals surface area contributed by atoms with Crippen molar-refractivity contribution in [2.75, 3.05) is 5.32 Å². The molecule has 0 amide bonds. The zero-order valence-corrected chi connectivity index (χ0v) is 15.4. The Labute approximate surface area is 165 Å². The van der Waals surface area contributed by atoms with Crippen molar-refractivity contribution in [3.8, 4) is 11.3 Å². The van der Waals surface area contributed by atoms with Crippen LogP contribution in [0.1, 0.15) is 16.1 Å². The van der Waals surface area contributed by atoms with Crippen molar-refractivity contribution in [1.82, 2.24) is 5.43 Å². The number of hydrazone groups is 1. The number of nitrogens with zero attached hydrogens (tertiary/aromatic N) is 1. The van der Waals surface area contributed by atoms with Crippen LogP contribution in [0.25, 0.3) is 11.3 Å². The number of benzene rings is 2. The van der Waals surface area contributed by atoms with Gasteiger partial charge in [0.2, 0.25) is 0 Å². The highest BCUT2D eigenvalue weighted by Gasteiger charge is 2.06. The largest absolute Gasteiger partial charge is 0.478 e. The number of hydrogen-bond donors (Lipinski definition) is 3. The molecule has 1 heterocycles. The van der Waals surface area contributed by atoms with Crippen molar-refractivity contribution in [3.05, 3.63) is 77.0 Å². The highest BCUT2D eigenvalue weighted by atomic mass is 35.5. The normalized spacial score (nSPS) is 10.7. The molecule has 6 nitrogen and oxygen atoms in total. The van der Waals surface area contributed by atoms with Gasteiger partial charge in [0.15, 0.2) is 5.11 Å². The lowest BCUT2D eigenvalue weighted by Gasteiger charge is -2.06. The molecule has 8 heteroatoms. The monoisotopic (exact) mass is 399 g/mol. The number of anilines is 1. The van der Waals surface area contributed by atoms with Crippen LogP contribution in [0, 0.1) is 0 Å². The highest BCUT2D eigenvalue weighted by molar-refractivity contribution is 7.80. The van der Waals surface area contributed by atoms with E-state index < -0.39 is 5.97 Å². The fraction of sp³-hybridized carbons (Fsp3) is 0. The van der Waals surface area contributed by atoms with Gasteiger partial charge in [0, 0.05) is 16.3 Å². The van der Waals surface area contributed by atoms with Gasteiger partial charge in [-0.3, -0.25) is 5.43 Å². The smallest absolute Gasteiger partial charge is 0.335 e. The first-order chi connectivity index (χ1) is 13.0. The van der Waals surface area contributed by atoms with Crippen LogP contribution >= 0.6 is 23.8 Å². The minimum Gasteiger partial charge on any atom is -0.478 e. The number of aromatic carboxylic acids is 1. The Hall–Kier alpha value is -3.16. The predicted molar refractivity (Wildman–Crippen MR) is 110 cm³/mol.